The van der Waals surface area contributed by atoms with E-state index in [2.05, 4.69) is 10.3 Å². The molecular formula is C15H11Cl2N3OS. The highest BCUT2D eigenvalue weighted by molar-refractivity contribution is 8.18. The van der Waals surface area contributed by atoms with Crippen molar-refractivity contribution >= 4 is 57.8 Å². The molecule has 2 aromatic rings. The number of halogens is 2. The van der Waals surface area contributed by atoms with Crippen molar-refractivity contribution in [2.45, 2.75) is 0 Å². The fraction of sp³-hybridized carbons (Fsp3) is 0.0667. The standard InChI is InChI=1S/C15H11Cl2N3OS/c1-20-7-3-4-9(20)8-12-14(21)19-15(22-12)18-11-6-2-5-10(16)13(11)17/h2-8H,1H3,(H,18,19,21)/b12-8+. The largest absolute Gasteiger partial charge is 0.351 e. The van der Waals surface area contributed by atoms with Gasteiger partial charge < -0.3 is 9.88 Å². The summed E-state index contributed by atoms with van der Waals surface area (Å²) in [6.45, 7) is 0. The summed E-state index contributed by atoms with van der Waals surface area (Å²) in [5.41, 5.74) is 1.47. The molecule has 2 heterocycles. The summed E-state index contributed by atoms with van der Waals surface area (Å²) < 4.78 is 1.93. The number of aliphatic imine (C=N–C) groups is 1. The number of nitrogens with one attached hydrogen (secondary N) is 1. The number of hydrogen-bond acceptors (Lipinski definition) is 3. The van der Waals surface area contributed by atoms with Crippen LogP contribution in [0.2, 0.25) is 10.0 Å². The number of amides is 1. The molecule has 1 saturated heterocycles. The molecule has 3 rings (SSSR count). The smallest absolute Gasteiger partial charge is 0.264 e. The Hall–Kier alpha value is -1.69. The fourth-order valence-corrected chi connectivity index (χ4v) is 3.08. The number of rotatable bonds is 2. The first-order chi connectivity index (χ1) is 10.5. The van der Waals surface area contributed by atoms with Gasteiger partial charge in [0.25, 0.3) is 5.91 Å². The van der Waals surface area contributed by atoms with Crippen LogP contribution >= 0.6 is 35.0 Å². The van der Waals surface area contributed by atoms with Gasteiger partial charge in [0.2, 0.25) is 0 Å². The molecule has 1 N–H and O–H groups in total. The van der Waals surface area contributed by atoms with Gasteiger partial charge in [-0.05, 0) is 42.1 Å². The highest BCUT2D eigenvalue weighted by atomic mass is 35.5. The van der Waals surface area contributed by atoms with Crippen LogP contribution in [0, 0.1) is 0 Å². The van der Waals surface area contributed by atoms with Crippen molar-refractivity contribution in [3.05, 3.63) is 57.2 Å². The van der Waals surface area contributed by atoms with Crippen molar-refractivity contribution in [2.24, 2.45) is 12.0 Å². The maximum Gasteiger partial charge on any atom is 0.264 e. The Labute approximate surface area is 141 Å². The van der Waals surface area contributed by atoms with Gasteiger partial charge in [0.1, 0.15) is 0 Å². The zero-order valence-electron chi connectivity index (χ0n) is 11.5. The van der Waals surface area contributed by atoms with E-state index in [0.29, 0.717) is 25.8 Å². The van der Waals surface area contributed by atoms with Crippen molar-refractivity contribution in [1.29, 1.82) is 0 Å². The van der Waals surface area contributed by atoms with Crippen molar-refractivity contribution in [2.75, 3.05) is 0 Å². The van der Waals surface area contributed by atoms with E-state index >= 15 is 0 Å². The van der Waals surface area contributed by atoms with Crippen molar-refractivity contribution < 1.29 is 4.79 Å². The van der Waals surface area contributed by atoms with Crippen LogP contribution in [0.15, 0.2) is 46.4 Å². The molecule has 112 valence electrons. The average molecular weight is 352 g/mol. The Morgan fingerprint density at radius 1 is 1.27 bits per heavy atom. The summed E-state index contributed by atoms with van der Waals surface area (Å²) >= 11 is 13.3. The third-order valence-corrected chi connectivity index (χ3v) is 4.79. The zero-order chi connectivity index (χ0) is 15.7. The first-order valence-electron chi connectivity index (χ1n) is 6.39. The minimum Gasteiger partial charge on any atom is -0.351 e. The van der Waals surface area contributed by atoms with Crippen LogP contribution in [-0.2, 0) is 11.8 Å². The lowest BCUT2D eigenvalue weighted by molar-refractivity contribution is -0.115. The molecule has 0 unspecified atom stereocenters. The lowest BCUT2D eigenvalue weighted by Crippen LogP contribution is -2.19. The number of carbonyl (C=O) groups is 1. The van der Waals surface area contributed by atoms with Crippen LogP contribution in [-0.4, -0.2) is 15.6 Å². The van der Waals surface area contributed by atoms with E-state index in [4.69, 9.17) is 23.2 Å². The normalized spacial score (nSPS) is 18.2. The Morgan fingerprint density at radius 2 is 2.09 bits per heavy atom. The predicted octanol–water partition coefficient (Wildman–Crippen LogP) is 4.22. The van der Waals surface area contributed by atoms with E-state index < -0.39 is 0 Å². The summed E-state index contributed by atoms with van der Waals surface area (Å²) in [4.78, 5) is 17.0. The highest BCUT2D eigenvalue weighted by Crippen LogP contribution is 2.34. The third-order valence-electron chi connectivity index (χ3n) is 3.07. The van der Waals surface area contributed by atoms with Crippen LogP contribution in [0.5, 0.6) is 0 Å². The van der Waals surface area contributed by atoms with E-state index in [9.17, 15) is 4.79 Å². The van der Waals surface area contributed by atoms with E-state index in [1.807, 2.05) is 36.0 Å². The van der Waals surface area contributed by atoms with Gasteiger partial charge in [-0.1, -0.05) is 29.3 Å². The summed E-state index contributed by atoms with van der Waals surface area (Å²) in [6.07, 6.45) is 3.74. The lowest BCUT2D eigenvalue weighted by atomic mass is 10.3. The second-order valence-corrected chi connectivity index (χ2v) is 6.41. The van der Waals surface area contributed by atoms with Crippen LogP contribution in [0.1, 0.15) is 5.69 Å². The maximum absolute atomic E-state index is 12.0. The van der Waals surface area contributed by atoms with E-state index in [1.54, 1.807) is 18.2 Å². The number of hydrogen-bond donors (Lipinski definition) is 1. The van der Waals surface area contributed by atoms with Gasteiger partial charge in [0.05, 0.1) is 20.6 Å². The van der Waals surface area contributed by atoms with Gasteiger partial charge in [-0.15, -0.1) is 0 Å². The van der Waals surface area contributed by atoms with Crippen molar-refractivity contribution in [1.82, 2.24) is 9.88 Å². The summed E-state index contributed by atoms with van der Waals surface area (Å²) in [7, 11) is 1.92. The molecule has 0 bridgehead atoms. The molecule has 1 aromatic carbocycles. The number of amidine groups is 1. The van der Waals surface area contributed by atoms with Gasteiger partial charge in [-0.2, -0.15) is 0 Å². The van der Waals surface area contributed by atoms with Crippen LogP contribution < -0.4 is 5.32 Å². The summed E-state index contributed by atoms with van der Waals surface area (Å²) in [5.74, 6) is -0.178. The van der Waals surface area contributed by atoms with Crippen molar-refractivity contribution in [3.8, 4) is 0 Å². The molecular weight excluding hydrogens is 341 g/mol. The minimum absolute atomic E-state index is 0.178. The number of nitrogens with zero attached hydrogens (tertiary/aromatic N) is 2. The number of aromatic nitrogens is 1. The van der Waals surface area contributed by atoms with E-state index in [1.165, 1.54) is 11.8 Å². The molecule has 1 amide bonds. The highest BCUT2D eigenvalue weighted by Gasteiger charge is 2.24. The maximum atomic E-state index is 12.0. The zero-order valence-corrected chi connectivity index (χ0v) is 13.8. The summed E-state index contributed by atoms with van der Waals surface area (Å²) in [5, 5.41) is 4.00. The fourth-order valence-electron chi connectivity index (χ4n) is 1.93. The second kappa shape index (κ2) is 6.20. The molecule has 0 spiro atoms. The topological polar surface area (TPSA) is 46.4 Å². The van der Waals surface area contributed by atoms with Crippen LogP contribution in [0.3, 0.4) is 0 Å². The first-order valence-corrected chi connectivity index (χ1v) is 7.97. The average Bonchev–Trinajstić information content (AvgIpc) is 3.03. The van der Waals surface area contributed by atoms with Gasteiger partial charge in [-0.3, -0.25) is 4.79 Å². The summed E-state index contributed by atoms with van der Waals surface area (Å²) in [6, 6.07) is 9.05. The quantitative estimate of drug-likeness (QED) is 0.823. The Kier molecular flexibility index (Phi) is 4.29. The van der Waals surface area contributed by atoms with Gasteiger partial charge >= 0.3 is 0 Å². The molecule has 0 atom stereocenters. The lowest BCUT2D eigenvalue weighted by Gasteiger charge is -2.00. The monoisotopic (exact) mass is 351 g/mol. The number of benzene rings is 1. The third kappa shape index (κ3) is 3.06. The molecule has 1 aromatic heterocycles. The molecule has 4 nitrogen and oxygen atoms in total. The van der Waals surface area contributed by atoms with E-state index in [0.717, 1.165) is 5.69 Å². The van der Waals surface area contributed by atoms with Crippen molar-refractivity contribution in [3.63, 3.8) is 0 Å². The Balaban J connectivity index is 1.89. The molecule has 0 radical (unpaired) electrons. The molecule has 1 aliphatic heterocycles. The van der Waals surface area contributed by atoms with E-state index in [-0.39, 0.29) is 5.91 Å². The number of aryl methyl sites for hydroxylation is 1. The molecule has 7 heteroatoms. The second-order valence-electron chi connectivity index (χ2n) is 4.60. The van der Waals surface area contributed by atoms with Gasteiger partial charge in [0, 0.05) is 18.9 Å². The number of thioether (sulfide) groups is 1. The molecule has 0 aliphatic carbocycles. The van der Waals surface area contributed by atoms with Gasteiger partial charge in [-0.25, -0.2) is 4.99 Å². The van der Waals surface area contributed by atoms with Crippen LogP contribution in [0.4, 0.5) is 5.69 Å². The molecule has 0 saturated carbocycles. The minimum atomic E-state index is -0.178. The molecule has 1 aliphatic rings. The Bertz CT molecular complexity index is 811. The molecule has 22 heavy (non-hydrogen) atoms. The predicted molar refractivity (Wildman–Crippen MR) is 92.7 cm³/mol. The Morgan fingerprint density at radius 3 is 2.82 bits per heavy atom. The number of carbonyl (C=O) groups excluding carboxylic acids is 1. The SMILES string of the molecule is Cn1cccc1/C=C1/SC(=Nc2cccc(Cl)c2Cl)NC1=O. The van der Waals surface area contributed by atoms with Crippen LogP contribution in [0.25, 0.3) is 6.08 Å². The van der Waals surface area contributed by atoms with Gasteiger partial charge in [0.15, 0.2) is 5.17 Å². The molecule has 1 fully saturated rings. The first kappa shape index (κ1) is 15.2.